The Morgan fingerprint density at radius 1 is 0.929 bits per heavy atom. The Hall–Kier alpha value is -2.11. The van der Waals surface area contributed by atoms with Crippen molar-refractivity contribution in [3.05, 3.63) is 48.6 Å². The molecule has 2 N–H and O–H groups in total. The minimum atomic E-state index is -4.63. The van der Waals surface area contributed by atoms with Crippen molar-refractivity contribution in [3.8, 4) is 0 Å². The first kappa shape index (κ1) is 39.9. The fraction of sp³-hybridized carbons (Fsp3) is 0.667. The van der Waals surface area contributed by atoms with Crippen LogP contribution in [-0.4, -0.2) is 92.5 Å². The molecule has 0 aromatic carbocycles. The first-order valence-corrected chi connectivity index (χ1v) is 16.0. The molecule has 0 saturated heterocycles. The molecule has 11 nitrogen and oxygen atoms in total. The van der Waals surface area contributed by atoms with E-state index in [1.54, 1.807) is 36.5 Å². The van der Waals surface area contributed by atoms with Gasteiger partial charge in [-0.15, -0.1) is 0 Å². The summed E-state index contributed by atoms with van der Waals surface area (Å²) in [5.41, 5.74) is 0. The van der Waals surface area contributed by atoms with Gasteiger partial charge in [-0.25, -0.2) is 0 Å². The van der Waals surface area contributed by atoms with Gasteiger partial charge in [0.15, 0.2) is 6.10 Å². The van der Waals surface area contributed by atoms with Crippen molar-refractivity contribution >= 4 is 19.8 Å². The van der Waals surface area contributed by atoms with Gasteiger partial charge in [-0.2, -0.15) is 0 Å². The van der Waals surface area contributed by atoms with Gasteiger partial charge in [0.25, 0.3) is 7.82 Å². The number of hydrogen-bond acceptors (Lipinski definition) is 10. The molecule has 1 unspecified atom stereocenters. The van der Waals surface area contributed by atoms with E-state index in [9.17, 15) is 29.3 Å². The maximum Gasteiger partial charge on any atom is 0.305 e. The average Bonchev–Trinajstić information content (AvgIpc) is 2.88. The van der Waals surface area contributed by atoms with E-state index in [4.69, 9.17) is 18.5 Å². The molecule has 0 rings (SSSR count). The zero-order chi connectivity index (χ0) is 31.9. The van der Waals surface area contributed by atoms with Crippen LogP contribution in [0.5, 0.6) is 0 Å². The van der Waals surface area contributed by atoms with Crippen LogP contribution in [0.15, 0.2) is 48.6 Å². The highest BCUT2D eigenvalue weighted by Gasteiger charge is 2.20. The second-order valence-corrected chi connectivity index (χ2v) is 12.3. The Morgan fingerprint density at radius 2 is 1.60 bits per heavy atom. The number of carbonyl (C=O) groups is 2. The summed E-state index contributed by atoms with van der Waals surface area (Å²) >= 11 is 0. The monoisotopic (exact) mass is 617 g/mol. The Morgan fingerprint density at radius 3 is 2.21 bits per heavy atom. The molecular formula is C30H52NO10P. The normalized spacial score (nSPS) is 16.3. The summed E-state index contributed by atoms with van der Waals surface area (Å²) in [5.74, 6) is -1.28. The maximum atomic E-state index is 12.1. The minimum Gasteiger partial charge on any atom is -0.756 e. The van der Waals surface area contributed by atoms with Crippen LogP contribution >= 0.6 is 7.82 Å². The number of carbonyl (C=O) groups excluding carboxylic acids is 2. The summed E-state index contributed by atoms with van der Waals surface area (Å²) in [7, 11) is 1.01. The van der Waals surface area contributed by atoms with Gasteiger partial charge in [-0.3, -0.25) is 14.2 Å². The number of aliphatic hydroxyl groups is 2. The van der Waals surface area contributed by atoms with Crippen molar-refractivity contribution in [1.29, 1.82) is 0 Å². The maximum absolute atomic E-state index is 12.1. The lowest BCUT2D eigenvalue weighted by atomic mass is 10.1. The molecule has 0 aromatic heterocycles. The third-order valence-electron chi connectivity index (χ3n) is 5.59. The highest BCUT2D eigenvalue weighted by atomic mass is 31.2. The zero-order valence-corrected chi connectivity index (χ0v) is 26.8. The Balaban J connectivity index is 4.31. The summed E-state index contributed by atoms with van der Waals surface area (Å²) in [6.45, 7) is 2.72. The molecule has 0 aromatic rings. The van der Waals surface area contributed by atoms with Gasteiger partial charge in [-0.1, -0.05) is 68.4 Å². The van der Waals surface area contributed by atoms with Gasteiger partial charge in [0.2, 0.25) is 0 Å². The van der Waals surface area contributed by atoms with Crippen LogP contribution in [0, 0.1) is 0 Å². The van der Waals surface area contributed by atoms with Crippen molar-refractivity contribution in [2.45, 2.75) is 83.5 Å². The molecule has 42 heavy (non-hydrogen) atoms. The molecule has 0 aliphatic carbocycles. The number of likely N-dealkylation sites (N-methyl/N-ethyl adjacent to an activating group) is 1. The SMILES string of the molecule is CCCCC/C=C\C[C@@H](O)/C=C/C=C/C=C\[C@@H](O)CCCC(=O)OC[C@H](COP(=O)([O-])OCC[N+](C)(C)C)OC(C)=O. The number of unbranched alkanes of at least 4 members (excludes halogenated alkanes) is 3. The van der Waals surface area contributed by atoms with E-state index in [0.717, 1.165) is 13.3 Å². The highest BCUT2D eigenvalue weighted by molar-refractivity contribution is 7.45. The lowest BCUT2D eigenvalue weighted by Crippen LogP contribution is -2.37. The highest BCUT2D eigenvalue weighted by Crippen LogP contribution is 2.38. The average molecular weight is 618 g/mol. The topological polar surface area (TPSA) is 152 Å². The number of rotatable bonds is 24. The van der Waals surface area contributed by atoms with Gasteiger partial charge < -0.3 is 38.1 Å². The van der Waals surface area contributed by atoms with Crippen LogP contribution in [0.3, 0.4) is 0 Å². The molecule has 0 aliphatic rings. The van der Waals surface area contributed by atoms with Crippen LogP contribution in [-0.2, 0) is 32.7 Å². The van der Waals surface area contributed by atoms with Gasteiger partial charge in [0.05, 0.1) is 40.0 Å². The molecule has 12 heteroatoms. The molecule has 0 spiro atoms. The summed E-state index contributed by atoms with van der Waals surface area (Å²) < 4.78 is 32.1. The number of phosphoric acid groups is 1. The van der Waals surface area contributed by atoms with Crippen molar-refractivity contribution in [1.82, 2.24) is 0 Å². The second-order valence-electron chi connectivity index (χ2n) is 10.9. The van der Waals surface area contributed by atoms with Crippen molar-refractivity contribution < 1.29 is 52.3 Å². The molecule has 0 aliphatic heterocycles. The Labute approximate surface area is 251 Å². The van der Waals surface area contributed by atoms with E-state index in [2.05, 4.69) is 13.0 Å². The number of allylic oxidation sites excluding steroid dienone is 5. The molecule has 0 radical (unpaired) electrons. The molecule has 0 fully saturated rings. The number of phosphoric ester groups is 1. The predicted molar refractivity (Wildman–Crippen MR) is 160 cm³/mol. The summed E-state index contributed by atoms with van der Waals surface area (Å²) in [4.78, 5) is 35.4. The van der Waals surface area contributed by atoms with Crippen LogP contribution in [0.2, 0.25) is 0 Å². The van der Waals surface area contributed by atoms with E-state index in [1.165, 1.54) is 19.3 Å². The number of esters is 2. The number of quaternary nitrogens is 1. The first-order chi connectivity index (χ1) is 19.7. The zero-order valence-electron chi connectivity index (χ0n) is 25.9. The van der Waals surface area contributed by atoms with Gasteiger partial charge in [0.1, 0.15) is 19.8 Å². The van der Waals surface area contributed by atoms with Gasteiger partial charge >= 0.3 is 11.9 Å². The van der Waals surface area contributed by atoms with Crippen molar-refractivity contribution in [2.24, 2.45) is 0 Å². The lowest BCUT2D eigenvalue weighted by Gasteiger charge is -2.28. The van der Waals surface area contributed by atoms with Crippen molar-refractivity contribution in [2.75, 3.05) is 47.5 Å². The smallest absolute Gasteiger partial charge is 0.305 e. The fourth-order valence-electron chi connectivity index (χ4n) is 3.26. The largest absolute Gasteiger partial charge is 0.756 e. The van der Waals surface area contributed by atoms with E-state index in [0.29, 0.717) is 30.3 Å². The van der Waals surface area contributed by atoms with Crippen LogP contribution < -0.4 is 4.89 Å². The molecule has 0 bridgehead atoms. The lowest BCUT2D eigenvalue weighted by molar-refractivity contribution is -0.870. The first-order valence-electron chi connectivity index (χ1n) is 14.5. The Bertz CT molecular complexity index is 910. The standard InChI is InChI=1S/C30H52NO10P/c1-6-7-8-9-10-13-17-27(33)18-14-11-12-15-19-28(34)20-16-21-30(35)38-24-29(41-26(2)32)25-40-42(36,37)39-23-22-31(3,4)5/h10-15,18-19,27-29,33-34H,6-9,16-17,20-25H2,1-5H3/b12-11+,13-10-,18-14+,19-15-/t27-,28-,29-/m1/s1. The van der Waals surface area contributed by atoms with Crippen LogP contribution in [0.25, 0.3) is 0 Å². The van der Waals surface area contributed by atoms with Gasteiger partial charge in [-0.05, 0) is 32.1 Å². The third-order valence-corrected chi connectivity index (χ3v) is 6.56. The van der Waals surface area contributed by atoms with Crippen molar-refractivity contribution in [3.63, 3.8) is 0 Å². The summed E-state index contributed by atoms with van der Waals surface area (Å²) in [5, 5.41) is 20.0. The van der Waals surface area contributed by atoms with Crippen LogP contribution in [0.1, 0.15) is 65.2 Å². The quantitative estimate of drug-likeness (QED) is 0.0409. The molecule has 0 saturated carbocycles. The van der Waals surface area contributed by atoms with E-state index in [1.807, 2.05) is 27.2 Å². The number of ether oxygens (including phenoxy) is 2. The second kappa shape index (κ2) is 23.4. The number of hydrogen-bond donors (Lipinski definition) is 2. The molecule has 0 amide bonds. The summed E-state index contributed by atoms with van der Waals surface area (Å²) in [6, 6.07) is 0. The molecule has 4 atom stereocenters. The van der Waals surface area contributed by atoms with Gasteiger partial charge in [0, 0.05) is 13.3 Å². The van der Waals surface area contributed by atoms with E-state index < -0.39 is 44.7 Å². The minimum absolute atomic E-state index is 0.0102. The predicted octanol–water partition coefficient (Wildman–Crippen LogP) is 3.76. The number of aliphatic hydroxyl groups excluding tert-OH is 2. The molecule has 0 heterocycles. The summed E-state index contributed by atoms with van der Waals surface area (Å²) in [6.07, 6.45) is 17.7. The fourth-order valence-corrected chi connectivity index (χ4v) is 3.98. The van der Waals surface area contributed by atoms with Crippen LogP contribution in [0.4, 0.5) is 0 Å². The third kappa shape index (κ3) is 26.8. The number of nitrogens with zero attached hydrogens (tertiary/aromatic N) is 1. The molecule has 242 valence electrons. The van der Waals surface area contributed by atoms with E-state index in [-0.39, 0.29) is 19.6 Å². The van der Waals surface area contributed by atoms with E-state index >= 15 is 0 Å². The molecular weight excluding hydrogens is 565 g/mol. The Kier molecular flexibility index (Phi) is 22.2.